The van der Waals surface area contributed by atoms with Crippen molar-refractivity contribution in [2.45, 2.75) is 44.0 Å². The van der Waals surface area contributed by atoms with E-state index in [-0.39, 0.29) is 0 Å². The molecular formula is C10H18ClNO2. The molecule has 0 spiro atoms. The molecule has 1 N–H and O–H groups in total. The van der Waals surface area contributed by atoms with Crippen LogP contribution in [-0.2, 0) is 4.79 Å². The smallest absolute Gasteiger partial charge is 0.322 e. The van der Waals surface area contributed by atoms with Crippen LogP contribution in [0, 0.1) is 0 Å². The highest BCUT2D eigenvalue weighted by Crippen LogP contribution is 2.17. The van der Waals surface area contributed by atoms with Gasteiger partial charge in [0.2, 0.25) is 0 Å². The SMILES string of the molecule is CC1CCCCCN1CC(Cl)C(=O)O. The molecule has 1 aliphatic rings. The first-order valence-corrected chi connectivity index (χ1v) is 5.66. The van der Waals surface area contributed by atoms with Gasteiger partial charge in [-0.15, -0.1) is 11.6 Å². The van der Waals surface area contributed by atoms with E-state index in [2.05, 4.69) is 11.8 Å². The molecule has 1 fully saturated rings. The van der Waals surface area contributed by atoms with Crippen LogP contribution in [0.1, 0.15) is 32.6 Å². The fraction of sp³-hybridized carbons (Fsp3) is 0.900. The molecule has 0 aromatic rings. The van der Waals surface area contributed by atoms with Gasteiger partial charge in [-0.1, -0.05) is 12.8 Å². The summed E-state index contributed by atoms with van der Waals surface area (Å²) in [4.78, 5) is 12.8. The molecule has 82 valence electrons. The summed E-state index contributed by atoms with van der Waals surface area (Å²) in [6.07, 6.45) is 4.81. The fourth-order valence-electron chi connectivity index (χ4n) is 1.89. The molecule has 1 saturated heterocycles. The van der Waals surface area contributed by atoms with Crippen LogP contribution < -0.4 is 0 Å². The van der Waals surface area contributed by atoms with Gasteiger partial charge in [0.05, 0.1) is 0 Å². The molecule has 0 aliphatic carbocycles. The first-order chi connectivity index (χ1) is 6.61. The van der Waals surface area contributed by atoms with Crippen molar-refractivity contribution in [3.63, 3.8) is 0 Å². The molecule has 0 aromatic heterocycles. The summed E-state index contributed by atoms with van der Waals surface area (Å²) in [6.45, 7) is 3.60. The molecule has 0 bridgehead atoms. The molecule has 2 unspecified atom stereocenters. The Hall–Kier alpha value is -0.280. The minimum Gasteiger partial charge on any atom is -0.480 e. The number of likely N-dealkylation sites (tertiary alicyclic amines) is 1. The number of rotatable bonds is 3. The Morgan fingerprint density at radius 3 is 2.93 bits per heavy atom. The lowest BCUT2D eigenvalue weighted by Gasteiger charge is -2.27. The first-order valence-electron chi connectivity index (χ1n) is 5.22. The second kappa shape index (κ2) is 5.56. The van der Waals surface area contributed by atoms with E-state index >= 15 is 0 Å². The van der Waals surface area contributed by atoms with Gasteiger partial charge in [0, 0.05) is 12.6 Å². The number of hydrogen-bond donors (Lipinski definition) is 1. The normalized spacial score (nSPS) is 26.9. The van der Waals surface area contributed by atoms with Crippen molar-refractivity contribution in [2.75, 3.05) is 13.1 Å². The summed E-state index contributed by atoms with van der Waals surface area (Å²) in [5.41, 5.74) is 0. The number of aliphatic carboxylic acids is 1. The van der Waals surface area contributed by atoms with Crippen LogP contribution in [-0.4, -0.2) is 40.5 Å². The quantitative estimate of drug-likeness (QED) is 0.738. The van der Waals surface area contributed by atoms with Gasteiger partial charge in [0.1, 0.15) is 5.38 Å². The standard InChI is InChI=1S/C10H18ClNO2/c1-8-5-3-2-4-6-12(8)7-9(11)10(13)14/h8-9H,2-7H2,1H3,(H,13,14). The fourth-order valence-corrected chi connectivity index (χ4v) is 2.07. The van der Waals surface area contributed by atoms with Gasteiger partial charge in [-0.3, -0.25) is 9.69 Å². The maximum Gasteiger partial charge on any atom is 0.322 e. The van der Waals surface area contributed by atoms with Gasteiger partial charge in [0.15, 0.2) is 0 Å². The summed E-state index contributed by atoms with van der Waals surface area (Å²) in [6, 6.07) is 0.470. The molecule has 0 amide bonds. The van der Waals surface area contributed by atoms with Gasteiger partial charge >= 0.3 is 5.97 Å². The van der Waals surface area contributed by atoms with Crippen LogP contribution in [0.15, 0.2) is 0 Å². The van der Waals surface area contributed by atoms with Crippen LogP contribution in [0.3, 0.4) is 0 Å². The number of carbonyl (C=O) groups is 1. The van der Waals surface area contributed by atoms with Gasteiger partial charge < -0.3 is 5.11 Å². The molecule has 1 heterocycles. The third-order valence-corrected chi connectivity index (χ3v) is 3.18. The van der Waals surface area contributed by atoms with Crippen molar-refractivity contribution in [1.29, 1.82) is 0 Å². The minimum atomic E-state index is -0.914. The van der Waals surface area contributed by atoms with Crippen molar-refractivity contribution in [1.82, 2.24) is 4.90 Å². The van der Waals surface area contributed by atoms with Crippen molar-refractivity contribution in [3.05, 3.63) is 0 Å². The summed E-state index contributed by atoms with van der Waals surface area (Å²) < 4.78 is 0. The second-order valence-corrected chi connectivity index (χ2v) is 4.53. The largest absolute Gasteiger partial charge is 0.480 e. The summed E-state index contributed by atoms with van der Waals surface area (Å²) in [7, 11) is 0. The zero-order valence-electron chi connectivity index (χ0n) is 8.58. The Kier molecular flexibility index (Phi) is 4.69. The van der Waals surface area contributed by atoms with Crippen molar-refractivity contribution in [3.8, 4) is 0 Å². The number of nitrogens with zero attached hydrogens (tertiary/aromatic N) is 1. The first kappa shape index (κ1) is 11.8. The van der Waals surface area contributed by atoms with Crippen LogP contribution >= 0.6 is 11.6 Å². The van der Waals surface area contributed by atoms with Crippen LogP contribution in [0.5, 0.6) is 0 Å². The van der Waals surface area contributed by atoms with Crippen LogP contribution in [0.25, 0.3) is 0 Å². The van der Waals surface area contributed by atoms with Gasteiger partial charge in [-0.05, 0) is 26.3 Å². The van der Waals surface area contributed by atoms with E-state index in [1.165, 1.54) is 12.8 Å². The zero-order chi connectivity index (χ0) is 10.6. The Balaban J connectivity index is 2.43. The van der Waals surface area contributed by atoms with Crippen LogP contribution in [0.4, 0.5) is 0 Å². The zero-order valence-corrected chi connectivity index (χ0v) is 9.33. The summed E-state index contributed by atoms with van der Waals surface area (Å²) in [5, 5.41) is 7.94. The van der Waals surface area contributed by atoms with E-state index in [9.17, 15) is 4.79 Å². The minimum absolute atomic E-state index is 0.470. The highest BCUT2D eigenvalue weighted by molar-refractivity contribution is 6.29. The maximum atomic E-state index is 10.6. The van der Waals surface area contributed by atoms with Crippen molar-refractivity contribution >= 4 is 17.6 Å². The van der Waals surface area contributed by atoms with Crippen molar-refractivity contribution in [2.24, 2.45) is 0 Å². The van der Waals surface area contributed by atoms with E-state index in [1.807, 2.05) is 0 Å². The summed E-state index contributed by atoms with van der Waals surface area (Å²) >= 11 is 5.73. The third kappa shape index (κ3) is 3.46. The monoisotopic (exact) mass is 219 g/mol. The number of alkyl halides is 1. The predicted molar refractivity (Wildman–Crippen MR) is 56.8 cm³/mol. The highest BCUT2D eigenvalue weighted by Gasteiger charge is 2.22. The Morgan fingerprint density at radius 2 is 2.29 bits per heavy atom. The molecule has 1 rings (SSSR count). The van der Waals surface area contributed by atoms with Crippen LogP contribution in [0.2, 0.25) is 0 Å². The lowest BCUT2D eigenvalue weighted by molar-refractivity contribution is -0.137. The van der Waals surface area contributed by atoms with E-state index in [0.29, 0.717) is 12.6 Å². The molecule has 4 heteroatoms. The van der Waals surface area contributed by atoms with E-state index in [1.54, 1.807) is 0 Å². The average molecular weight is 220 g/mol. The van der Waals surface area contributed by atoms with Gasteiger partial charge in [-0.25, -0.2) is 0 Å². The van der Waals surface area contributed by atoms with E-state index < -0.39 is 11.3 Å². The van der Waals surface area contributed by atoms with Gasteiger partial charge in [0.25, 0.3) is 0 Å². The summed E-state index contributed by atoms with van der Waals surface area (Å²) in [5.74, 6) is -0.914. The average Bonchev–Trinajstić information content (AvgIpc) is 2.32. The van der Waals surface area contributed by atoms with Crippen molar-refractivity contribution < 1.29 is 9.90 Å². The molecule has 2 atom stereocenters. The Labute approximate surface area is 90.0 Å². The van der Waals surface area contributed by atoms with E-state index in [4.69, 9.17) is 16.7 Å². The highest BCUT2D eigenvalue weighted by atomic mass is 35.5. The molecule has 14 heavy (non-hydrogen) atoms. The third-order valence-electron chi connectivity index (χ3n) is 2.85. The number of halogens is 1. The lowest BCUT2D eigenvalue weighted by atomic mass is 10.1. The molecule has 0 aromatic carbocycles. The molecule has 1 aliphatic heterocycles. The topological polar surface area (TPSA) is 40.5 Å². The predicted octanol–water partition coefficient (Wildman–Crippen LogP) is 1.94. The molecule has 3 nitrogen and oxygen atoms in total. The number of carboxylic acid groups (broad SMARTS) is 1. The Morgan fingerprint density at radius 1 is 1.57 bits per heavy atom. The maximum absolute atomic E-state index is 10.6. The lowest BCUT2D eigenvalue weighted by Crippen LogP contribution is -2.39. The van der Waals surface area contributed by atoms with Gasteiger partial charge in [-0.2, -0.15) is 0 Å². The van der Waals surface area contributed by atoms with E-state index in [0.717, 1.165) is 19.4 Å². The number of hydrogen-bond acceptors (Lipinski definition) is 2. The number of carboxylic acids is 1. The Bertz CT molecular complexity index is 199. The second-order valence-electron chi connectivity index (χ2n) is 4.00. The molecule has 0 radical (unpaired) electrons. The molecule has 0 saturated carbocycles. The molecular weight excluding hydrogens is 202 g/mol.